The molecular weight excluding hydrogens is 244 g/mol. The molecule has 2 aromatic rings. The quantitative estimate of drug-likeness (QED) is 0.824. The van der Waals surface area contributed by atoms with E-state index in [1.54, 1.807) is 5.56 Å². The Labute approximate surface area is 121 Å². The number of fused-ring (bicyclic) bond motifs is 5. The van der Waals surface area contributed by atoms with Crippen molar-refractivity contribution < 1.29 is 0 Å². The summed E-state index contributed by atoms with van der Waals surface area (Å²) in [5.41, 5.74) is 4.42. The summed E-state index contributed by atoms with van der Waals surface area (Å²) in [5, 5.41) is 1.45. The molecule has 0 saturated carbocycles. The molecule has 1 fully saturated rings. The van der Waals surface area contributed by atoms with Gasteiger partial charge in [-0.25, -0.2) is 0 Å². The third-order valence-corrected chi connectivity index (χ3v) is 5.66. The lowest BCUT2D eigenvalue weighted by Crippen LogP contribution is -2.45. The van der Waals surface area contributed by atoms with E-state index in [1.807, 2.05) is 0 Å². The van der Waals surface area contributed by atoms with E-state index in [9.17, 15) is 0 Å². The third-order valence-electron chi connectivity index (χ3n) is 5.66. The number of rotatable bonds is 1. The summed E-state index contributed by atoms with van der Waals surface area (Å²) in [6.45, 7) is 7.32. The molecule has 3 atom stereocenters. The third kappa shape index (κ3) is 1.74. The molecule has 0 amide bonds. The summed E-state index contributed by atoms with van der Waals surface area (Å²) in [5.74, 6) is 1.73. The standard InChI is InChI=1S/C18H24N2/c1-3-13-11-20-9-8-15-14-6-4-5-7-16(14)19-18(15)17(20)10-12(13)2/h4-7,12-13,17,19H,3,8-11H2,1-2H3/t12-,13+,17?/m0/s1. The van der Waals surface area contributed by atoms with Crippen molar-refractivity contribution in [3.05, 3.63) is 35.5 Å². The average Bonchev–Trinajstić information content (AvgIpc) is 2.85. The first kappa shape index (κ1) is 12.5. The minimum absolute atomic E-state index is 0.629. The maximum atomic E-state index is 3.73. The van der Waals surface area contributed by atoms with E-state index in [0.717, 1.165) is 11.8 Å². The highest BCUT2D eigenvalue weighted by Gasteiger charge is 2.37. The van der Waals surface area contributed by atoms with E-state index in [2.05, 4.69) is 48.0 Å². The van der Waals surface area contributed by atoms with Crippen LogP contribution in [0.25, 0.3) is 10.9 Å². The maximum absolute atomic E-state index is 3.73. The SMILES string of the molecule is CC[C@@H]1CN2CCc3c([nH]c4ccccc34)C2C[C@@H]1C. The number of piperidine rings is 1. The van der Waals surface area contributed by atoms with Crippen LogP contribution in [0.4, 0.5) is 0 Å². The molecule has 0 spiro atoms. The van der Waals surface area contributed by atoms with Gasteiger partial charge in [-0.3, -0.25) is 4.90 Å². The number of hydrogen-bond acceptors (Lipinski definition) is 1. The van der Waals surface area contributed by atoms with Crippen LogP contribution in [-0.4, -0.2) is 23.0 Å². The zero-order valence-corrected chi connectivity index (χ0v) is 12.5. The Bertz CT molecular complexity index is 627. The molecule has 2 aliphatic heterocycles. The van der Waals surface area contributed by atoms with E-state index in [0.29, 0.717) is 6.04 Å². The first-order chi connectivity index (χ1) is 9.78. The molecule has 1 N–H and O–H groups in total. The highest BCUT2D eigenvalue weighted by atomic mass is 15.2. The fourth-order valence-corrected chi connectivity index (χ4v) is 4.41. The topological polar surface area (TPSA) is 19.0 Å². The largest absolute Gasteiger partial charge is 0.357 e. The van der Waals surface area contributed by atoms with E-state index >= 15 is 0 Å². The fraction of sp³-hybridized carbons (Fsp3) is 0.556. The molecule has 0 radical (unpaired) electrons. The predicted molar refractivity (Wildman–Crippen MR) is 83.9 cm³/mol. The van der Waals surface area contributed by atoms with Crippen molar-refractivity contribution >= 4 is 10.9 Å². The molecule has 4 rings (SSSR count). The van der Waals surface area contributed by atoms with E-state index in [4.69, 9.17) is 0 Å². The van der Waals surface area contributed by atoms with Crippen LogP contribution in [0.15, 0.2) is 24.3 Å². The number of nitrogens with one attached hydrogen (secondary N) is 1. The van der Waals surface area contributed by atoms with Crippen molar-refractivity contribution in [3.8, 4) is 0 Å². The number of H-pyrrole nitrogens is 1. The monoisotopic (exact) mass is 268 g/mol. The van der Waals surface area contributed by atoms with Gasteiger partial charge in [0.25, 0.3) is 0 Å². The second-order valence-corrected chi connectivity index (χ2v) is 6.70. The van der Waals surface area contributed by atoms with Crippen LogP contribution in [0.5, 0.6) is 0 Å². The summed E-state index contributed by atoms with van der Waals surface area (Å²) < 4.78 is 0. The van der Waals surface area contributed by atoms with Crippen molar-refractivity contribution in [2.75, 3.05) is 13.1 Å². The Hall–Kier alpha value is -1.28. The van der Waals surface area contributed by atoms with Gasteiger partial charge in [0.05, 0.1) is 6.04 Å². The molecular formula is C18H24N2. The van der Waals surface area contributed by atoms with Crippen molar-refractivity contribution in [1.82, 2.24) is 9.88 Å². The molecule has 1 aromatic heterocycles. The van der Waals surface area contributed by atoms with Crippen LogP contribution < -0.4 is 0 Å². The Morgan fingerprint density at radius 3 is 3.00 bits per heavy atom. The summed E-state index contributed by atoms with van der Waals surface area (Å²) >= 11 is 0. The molecule has 1 aromatic carbocycles. The predicted octanol–water partition coefficient (Wildman–Crippen LogP) is 4.13. The van der Waals surface area contributed by atoms with Gasteiger partial charge >= 0.3 is 0 Å². The Morgan fingerprint density at radius 2 is 2.15 bits per heavy atom. The highest BCUT2D eigenvalue weighted by molar-refractivity contribution is 5.85. The van der Waals surface area contributed by atoms with E-state index in [1.165, 1.54) is 48.9 Å². The van der Waals surface area contributed by atoms with Gasteiger partial charge in [-0.2, -0.15) is 0 Å². The lowest BCUT2D eigenvalue weighted by Gasteiger charge is -2.45. The minimum atomic E-state index is 0.629. The van der Waals surface area contributed by atoms with Gasteiger partial charge in [-0.05, 0) is 36.3 Å². The van der Waals surface area contributed by atoms with Crippen molar-refractivity contribution in [2.24, 2.45) is 11.8 Å². The van der Waals surface area contributed by atoms with Gasteiger partial charge in [0.15, 0.2) is 0 Å². The van der Waals surface area contributed by atoms with Crippen LogP contribution in [0.3, 0.4) is 0 Å². The van der Waals surface area contributed by atoms with Crippen LogP contribution in [0.2, 0.25) is 0 Å². The van der Waals surface area contributed by atoms with Gasteiger partial charge in [0.2, 0.25) is 0 Å². The molecule has 3 heterocycles. The van der Waals surface area contributed by atoms with Gasteiger partial charge < -0.3 is 4.98 Å². The summed E-state index contributed by atoms with van der Waals surface area (Å²) in [4.78, 5) is 6.46. The lowest BCUT2D eigenvalue weighted by molar-refractivity contribution is 0.0576. The Kier molecular flexibility index (Phi) is 2.88. The second kappa shape index (κ2) is 4.63. The molecule has 0 aliphatic carbocycles. The molecule has 2 aliphatic rings. The number of para-hydroxylation sites is 1. The number of aromatic nitrogens is 1. The van der Waals surface area contributed by atoms with Crippen molar-refractivity contribution in [3.63, 3.8) is 0 Å². The summed E-state index contributed by atoms with van der Waals surface area (Å²) in [6, 6.07) is 9.43. The first-order valence-electron chi connectivity index (χ1n) is 8.11. The molecule has 1 unspecified atom stereocenters. The number of nitrogens with zero attached hydrogens (tertiary/aromatic N) is 1. The minimum Gasteiger partial charge on any atom is -0.357 e. The number of aromatic amines is 1. The van der Waals surface area contributed by atoms with E-state index in [-0.39, 0.29) is 0 Å². The van der Waals surface area contributed by atoms with Crippen LogP contribution in [-0.2, 0) is 6.42 Å². The maximum Gasteiger partial charge on any atom is 0.0504 e. The smallest absolute Gasteiger partial charge is 0.0504 e. The fourth-order valence-electron chi connectivity index (χ4n) is 4.41. The first-order valence-corrected chi connectivity index (χ1v) is 8.11. The zero-order chi connectivity index (χ0) is 13.7. The van der Waals surface area contributed by atoms with Gasteiger partial charge in [-0.1, -0.05) is 38.5 Å². The Morgan fingerprint density at radius 1 is 1.30 bits per heavy atom. The number of hydrogen-bond donors (Lipinski definition) is 1. The molecule has 2 nitrogen and oxygen atoms in total. The number of benzene rings is 1. The summed E-state index contributed by atoms with van der Waals surface area (Å²) in [7, 11) is 0. The van der Waals surface area contributed by atoms with Crippen molar-refractivity contribution in [1.29, 1.82) is 0 Å². The van der Waals surface area contributed by atoms with Crippen LogP contribution in [0, 0.1) is 11.8 Å². The van der Waals surface area contributed by atoms with Crippen LogP contribution >= 0.6 is 0 Å². The average molecular weight is 268 g/mol. The lowest BCUT2D eigenvalue weighted by atomic mass is 9.78. The molecule has 106 valence electrons. The van der Waals surface area contributed by atoms with E-state index < -0.39 is 0 Å². The zero-order valence-electron chi connectivity index (χ0n) is 12.5. The molecule has 2 heteroatoms. The van der Waals surface area contributed by atoms with Crippen LogP contribution in [0.1, 0.15) is 44.0 Å². The van der Waals surface area contributed by atoms with Gasteiger partial charge in [0, 0.05) is 29.7 Å². The Balaban J connectivity index is 1.76. The van der Waals surface area contributed by atoms with Gasteiger partial charge in [-0.15, -0.1) is 0 Å². The highest BCUT2D eigenvalue weighted by Crippen LogP contribution is 2.43. The van der Waals surface area contributed by atoms with Gasteiger partial charge in [0.1, 0.15) is 0 Å². The second-order valence-electron chi connectivity index (χ2n) is 6.70. The normalized spacial score (nSPS) is 30.2. The van der Waals surface area contributed by atoms with Crippen molar-refractivity contribution in [2.45, 2.75) is 39.2 Å². The molecule has 1 saturated heterocycles. The summed E-state index contributed by atoms with van der Waals surface area (Å²) in [6.07, 6.45) is 3.85. The molecule has 20 heavy (non-hydrogen) atoms. The molecule has 0 bridgehead atoms.